The van der Waals surface area contributed by atoms with Gasteiger partial charge >= 0.3 is 150 Å². The molecule has 0 heterocycles. The molecule has 0 saturated carbocycles. The molecule has 0 aliphatic heterocycles. The Morgan fingerprint density at radius 2 is 1.26 bits per heavy atom. The van der Waals surface area contributed by atoms with Gasteiger partial charge in [0.05, 0.1) is 0 Å². The number of benzene rings is 1. The standard InChI is InChI=1S/C16H22.C9H7.C5H5.3CH3.4ClH.2Zr/c1-9-7-15(13(5)11(9)3)16-8-10(2)12(4)14(16)6;1-2-5-9-7-3-6-8(9)4-1;1-2-4-5-3-1;;;;;;;;;/h7-8H2,1-6H3;1-7H;1-3H,4H2;3*1H3;4*1H;;/q;;;;;;;;;;2*+2/p-4. The minimum atomic E-state index is -3.83. The molecule has 0 N–H and O–H groups in total. The van der Waals surface area contributed by atoms with Crippen LogP contribution in [0.15, 0.2) is 96.4 Å². The van der Waals surface area contributed by atoms with E-state index in [1.807, 2.05) is 20.0 Å². The summed E-state index contributed by atoms with van der Waals surface area (Å²) in [6.07, 6.45) is 14.0. The third-order valence-corrected chi connectivity index (χ3v) is 19.3. The maximum absolute atomic E-state index is 6.51. The molecule has 0 aromatic heterocycles. The van der Waals surface area contributed by atoms with Crippen LogP contribution in [0, 0.1) is 0 Å². The van der Waals surface area contributed by atoms with Crippen LogP contribution in [0.4, 0.5) is 0 Å². The van der Waals surface area contributed by atoms with Crippen LogP contribution in [0.25, 0.3) is 6.08 Å². The zero-order chi connectivity index (χ0) is 27.8. The van der Waals surface area contributed by atoms with Gasteiger partial charge in [0.2, 0.25) is 0 Å². The predicted molar refractivity (Wildman–Crippen MR) is 161 cm³/mol. The van der Waals surface area contributed by atoms with E-state index in [-0.39, 0.29) is 24.8 Å². The van der Waals surface area contributed by atoms with Gasteiger partial charge in [0, 0.05) is 0 Å². The van der Waals surface area contributed by atoms with Gasteiger partial charge in [-0.2, -0.15) is 0 Å². The summed E-state index contributed by atoms with van der Waals surface area (Å²) in [6.45, 7) is 13.6. The number of hydrogen-bond donors (Lipinski definition) is 0. The van der Waals surface area contributed by atoms with Crippen molar-refractivity contribution in [1.29, 1.82) is 0 Å². The summed E-state index contributed by atoms with van der Waals surface area (Å²) >= 11 is -2.24. The SMILES string of the molecule is CC1=C(C)C(C)=C(C2=C(C)C(C)=C(C)C2)C1.[CH3][Zr]([CH3])([CH3])([Cl])([Cl])[C]1=CC=CC1.[Cl-].[Cl-].[Zr+2][CH]1C=Cc2ccccc21. The van der Waals surface area contributed by atoms with E-state index in [1.54, 1.807) is 47.0 Å². The third-order valence-electron chi connectivity index (χ3n) is 8.34. The molecule has 1 atom stereocenters. The fourth-order valence-corrected chi connectivity index (χ4v) is 11.7. The summed E-state index contributed by atoms with van der Waals surface area (Å²) in [7, 11) is 13.0. The number of fused-ring (bicyclic) bond motifs is 1. The van der Waals surface area contributed by atoms with E-state index >= 15 is 0 Å². The molecule has 1 unspecified atom stereocenters. The molecule has 0 nitrogen and oxygen atoms in total. The normalized spacial score (nSPS) is 21.4. The van der Waals surface area contributed by atoms with Crippen LogP contribution in [0.5, 0.6) is 0 Å². The average molecular weight is 764 g/mol. The van der Waals surface area contributed by atoms with Gasteiger partial charge in [0.1, 0.15) is 0 Å². The van der Waals surface area contributed by atoms with Gasteiger partial charge in [-0.3, -0.25) is 0 Å². The van der Waals surface area contributed by atoms with Crippen LogP contribution < -0.4 is 24.8 Å². The molecular formula is C33H43Cl4Zr2. The van der Waals surface area contributed by atoms with Crippen molar-refractivity contribution in [1.82, 2.24) is 0 Å². The van der Waals surface area contributed by atoms with Crippen molar-refractivity contribution in [3.05, 3.63) is 108 Å². The summed E-state index contributed by atoms with van der Waals surface area (Å²) in [4.78, 5) is 0. The first-order valence-electron chi connectivity index (χ1n) is 13.4. The van der Waals surface area contributed by atoms with Gasteiger partial charge in [-0.25, -0.2) is 0 Å². The Morgan fingerprint density at radius 3 is 1.59 bits per heavy atom. The van der Waals surface area contributed by atoms with Crippen molar-refractivity contribution >= 4 is 23.1 Å². The number of halogens is 4. The van der Waals surface area contributed by atoms with Crippen LogP contribution in [-0.2, 0) is 39.6 Å². The molecule has 1 aromatic carbocycles. The quantitative estimate of drug-likeness (QED) is 0.352. The first-order valence-corrected chi connectivity index (χ1v) is 29.7. The van der Waals surface area contributed by atoms with Crippen molar-refractivity contribution < 1.29 is 64.4 Å². The molecule has 5 rings (SSSR count). The molecule has 0 bridgehead atoms. The molecule has 6 heteroatoms. The van der Waals surface area contributed by atoms with E-state index in [4.69, 9.17) is 17.0 Å². The minimum absolute atomic E-state index is 0. The van der Waals surface area contributed by atoms with Crippen molar-refractivity contribution in [3.8, 4) is 0 Å². The Labute approximate surface area is 270 Å². The van der Waals surface area contributed by atoms with Gasteiger partial charge in [-0.1, -0.05) is 11.1 Å². The fraction of sp³-hybridized carbons (Fsp3) is 0.394. The van der Waals surface area contributed by atoms with Gasteiger partial charge in [-0.15, -0.1) is 0 Å². The predicted octanol–water partition coefficient (Wildman–Crippen LogP) is 5.92. The van der Waals surface area contributed by atoms with Crippen LogP contribution in [0.3, 0.4) is 0 Å². The molecule has 211 valence electrons. The second-order valence-electron chi connectivity index (χ2n) is 12.8. The summed E-state index contributed by atoms with van der Waals surface area (Å²) in [5.41, 5.74) is 15.3. The maximum atomic E-state index is 6.51. The van der Waals surface area contributed by atoms with Crippen molar-refractivity contribution in [2.24, 2.45) is 0 Å². The third kappa shape index (κ3) is 9.41. The Balaban J connectivity index is 0.000000295. The zero-order valence-corrected chi connectivity index (χ0v) is 32.8. The van der Waals surface area contributed by atoms with Crippen molar-refractivity contribution in [2.45, 2.75) is 78.3 Å². The van der Waals surface area contributed by atoms with Crippen LogP contribution in [0.1, 0.15) is 75.6 Å². The molecule has 0 amide bonds. The molecule has 0 fully saturated rings. The zero-order valence-electron chi connectivity index (χ0n) is 24.9. The molecule has 0 radical (unpaired) electrons. The van der Waals surface area contributed by atoms with E-state index < -0.39 is 14.9 Å². The van der Waals surface area contributed by atoms with Gasteiger partial charge < -0.3 is 24.8 Å². The summed E-state index contributed by atoms with van der Waals surface area (Å²) in [5, 5.41) is 0. The molecule has 4 aliphatic rings. The summed E-state index contributed by atoms with van der Waals surface area (Å²) < 4.78 is 8.05. The van der Waals surface area contributed by atoms with Crippen molar-refractivity contribution in [2.75, 3.05) is 0 Å². The Hall–Kier alpha value is 0.326. The molecule has 4 aliphatic carbocycles. The van der Waals surface area contributed by atoms with Crippen LogP contribution in [0.2, 0.25) is 13.9 Å². The molecular weight excluding hydrogens is 721 g/mol. The second-order valence-corrected chi connectivity index (χ2v) is 52.9. The first kappa shape index (κ1) is 37.4. The van der Waals surface area contributed by atoms with Gasteiger partial charge in [0.25, 0.3) is 0 Å². The van der Waals surface area contributed by atoms with Crippen molar-refractivity contribution in [3.63, 3.8) is 0 Å². The van der Waals surface area contributed by atoms with E-state index in [0.717, 1.165) is 6.42 Å². The monoisotopic (exact) mass is 759 g/mol. The molecule has 39 heavy (non-hydrogen) atoms. The Morgan fingerprint density at radius 1 is 0.769 bits per heavy atom. The van der Waals surface area contributed by atoms with Crippen LogP contribution in [-0.4, -0.2) is 0 Å². The van der Waals surface area contributed by atoms with E-state index in [1.165, 1.54) is 49.5 Å². The topological polar surface area (TPSA) is 0 Å². The van der Waals surface area contributed by atoms with Gasteiger partial charge in [0.15, 0.2) is 0 Å². The number of hydrogen-bond acceptors (Lipinski definition) is 0. The first-order chi connectivity index (χ1) is 16.9. The van der Waals surface area contributed by atoms with E-state index in [0.29, 0.717) is 3.63 Å². The summed E-state index contributed by atoms with van der Waals surface area (Å²) in [6, 6.07) is 8.60. The van der Waals surface area contributed by atoms with E-state index in [9.17, 15) is 0 Å². The number of allylic oxidation sites excluding steroid dienone is 13. The molecule has 0 spiro atoms. The Bertz CT molecular complexity index is 1280. The second kappa shape index (κ2) is 13.3. The molecule has 1 aromatic rings. The van der Waals surface area contributed by atoms with Gasteiger partial charge in [-0.05, 0) is 87.8 Å². The number of rotatable bonds is 2. The fourth-order valence-electron chi connectivity index (χ4n) is 5.21. The van der Waals surface area contributed by atoms with Crippen LogP contribution >= 0.6 is 17.0 Å². The average Bonchev–Trinajstić information content (AvgIpc) is 3.58. The van der Waals surface area contributed by atoms with E-state index in [2.05, 4.69) is 90.1 Å². The Kier molecular flexibility index (Phi) is 12.8. The summed E-state index contributed by atoms with van der Waals surface area (Å²) in [5.74, 6) is 0. The molecule has 0 saturated heterocycles.